The zero-order valence-electron chi connectivity index (χ0n) is 5.26. The van der Waals surface area contributed by atoms with E-state index in [9.17, 15) is 8.78 Å². The molecular formula is C6H7F2NO. The van der Waals surface area contributed by atoms with Gasteiger partial charge in [0.1, 0.15) is 6.10 Å². The van der Waals surface area contributed by atoms with Crippen molar-refractivity contribution in [1.29, 1.82) is 5.26 Å². The van der Waals surface area contributed by atoms with Crippen LogP contribution in [0.25, 0.3) is 0 Å². The van der Waals surface area contributed by atoms with Crippen LogP contribution in [0.1, 0.15) is 6.42 Å². The van der Waals surface area contributed by atoms with Gasteiger partial charge in [-0.1, -0.05) is 0 Å². The van der Waals surface area contributed by atoms with E-state index in [1.54, 1.807) is 6.07 Å². The Morgan fingerprint density at radius 3 is 2.70 bits per heavy atom. The van der Waals surface area contributed by atoms with Crippen molar-refractivity contribution in [3.05, 3.63) is 0 Å². The van der Waals surface area contributed by atoms with Crippen LogP contribution in [0.5, 0.6) is 0 Å². The lowest BCUT2D eigenvalue weighted by Crippen LogP contribution is -2.23. The van der Waals surface area contributed by atoms with E-state index < -0.39 is 18.4 Å². The summed E-state index contributed by atoms with van der Waals surface area (Å²) in [6.07, 6.45) is -3.23. The Balaban J connectivity index is 2.52. The molecule has 1 fully saturated rings. The Hall–Kier alpha value is -0.690. The predicted octanol–water partition coefficient (Wildman–Crippen LogP) is 1.18. The van der Waals surface area contributed by atoms with Crippen LogP contribution < -0.4 is 0 Å². The van der Waals surface area contributed by atoms with Gasteiger partial charge in [0.15, 0.2) is 0 Å². The van der Waals surface area contributed by atoms with Crippen molar-refractivity contribution in [2.45, 2.75) is 19.0 Å². The minimum atomic E-state index is -2.52. The fourth-order valence-electron chi connectivity index (χ4n) is 0.998. The number of rotatable bonds is 1. The molecule has 4 heteroatoms. The summed E-state index contributed by atoms with van der Waals surface area (Å²) in [5.41, 5.74) is 0. The smallest absolute Gasteiger partial charge is 0.265 e. The van der Waals surface area contributed by atoms with Crippen LogP contribution in [0, 0.1) is 17.2 Å². The molecule has 0 aromatic carbocycles. The molecule has 1 aliphatic heterocycles. The molecule has 0 amide bonds. The maximum absolute atomic E-state index is 11.9. The van der Waals surface area contributed by atoms with Gasteiger partial charge in [-0.05, 0) is 6.42 Å². The molecule has 1 heterocycles. The van der Waals surface area contributed by atoms with E-state index in [1.807, 2.05) is 0 Å². The van der Waals surface area contributed by atoms with Gasteiger partial charge in [-0.3, -0.25) is 0 Å². The van der Waals surface area contributed by atoms with Gasteiger partial charge in [-0.25, -0.2) is 8.78 Å². The number of hydrogen-bond donors (Lipinski definition) is 0. The highest BCUT2D eigenvalue weighted by molar-refractivity contribution is 4.93. The molecule has 0 unspecified atom stereocenters. The third-order valence-corrected chi connectivity index (χ3v) is 1.55. The minimum absolute atomic E-state index is 0.285. The number of nitriles is 1. The van der Waals surface area contributed by atoms with Crippen LogP contribution in [0.15, 0.2) is 0 Å². The molecule has 10 heavy (non-hydrogen) atoms. The summed E-state index contributed by atoms with van der Waals surface area (Å²) in [6.45, 7) is 0.285. The van der Waals surface area contributed by atoms with Crippen molar-refractivity contribution >= 4 is 0 Å². The lowest BCUT2D eigenvalue weighted by Gasteiger charge is -2.09. The maximum atomic E-state index is 11.9. The Labute approximate surface area is 57.4 Å². The van der Waals surface area contributed by atoms with E-state index in [0.717, 1.165) is 0 Å². The molecule has 0 aromatic heterocycles. The SMILES string of the molecule is N#C[C@H]1CCO[C@@H]1C(F)F. The number of hydrogen-bond acceptors (Lipinski definition) is 2. The third kappa shape index (κ3) is 1.24. The van der Waals surface area contributed by atoms with Gasteiger partial charge in [0.25, 0.3) is 6.43 Å². The van der Waals surface area contributed by atoms with Crippen LogP contribution in [0.4, 0.5) is 8.78 Å². The highest BCUT2D eigenvalue weighted by Gasteiger charge is 2.35. The zero-order chi connectivity index (χ0) is 7.56. The van der Waals surface area contributed by atoms with Gasteiger partial charge in [-0.2, -0.15) is 5.26 Å². The van der Waals surface area contributed by atoms with E-state index in [-0.39, 0.29) is 6.61 Å². The summed E-state index contributed by atoms with van der Waals surface area (Å²) in [4.78, 5) is 0. The van der Waals surface area contributed by atoms with Crippen molar-refractivity contribution in [1.82, 2.24) is 0 Å². The van der Waals surface area contributed by atoms with Crippen LogP contribution in [-0.2, 0) is 4.74 Å². The number of halogens is 2. The summed E-state index contributed by atoms with van der Waals surface area (Å²) >= 11 is 0. The predicted molar refractivity (Wildman–Crippen MR) is 29.5 cm³/mol. The monoisotopic (exact) mass is 147 g/mol. The Kier molecular flexibility index (Phi) is 2.17. The molecule has 1 rings (SSSR count). The second-order valence-electron chi connectivity index (χ2n) is 2.19. The average Bonchev–Trinajstić information content (AvgIpc) is 2.33. The van der Waals surface area contributed by atoms with E-state index in [1.165, 1.54) is 0 Å². The molecule has 0 radical (unpaired) electrons. The summed E-state index contributed by atoms with van der Waals surface area (Å²) < 4.78 is 28.4. The minimum Gasteiger partial charge on any atom is -0.371 e. The van der Waals surface area contributed by atoms with E-state index in [0.29, 0.717) is 6.42 Å². The fraction of sp³-hybridized carbons (Fsp3) is 0.833. The molecule has 0 spiro atoms. The second kappa shape index (κ2) is 2.93. The molecule has 2 atom stereocenters. The third-order valence-electron chi connectivity index (χ3n) is 1.55. The molecule has 0 saturated carbocycles. The molecule has 0 N–H and O–H groups in total. The highest BCUT2D eigenvalue weighted by Crippen LogP contribution is 2.24. The molecule has 2 nitrogen and oxygen atoms in total. The summed E-state index contributed by atoms with van der Waals surface area (Å²) in [7, 11) is 0. The molecule has 0 aliphatic carbocycles. The molecule has 0 bridgehead atoms. The number of ether oxygens (including phenoxy) is 1. The molecule has 1 saturated heterocycles. The van der Waals surface area contributed by atoms with Gasteiger partial charge in [0, 0.05) is 6.61 Å². The maximum Gasteiger partial charge on any atom is 0.265 e. The van der Waals surface area contributed by atoms with Gasteiger partial charge in [0.05, 0.1) is 12.0 Å². The Bertz CT molecular complexity index is 154. The average molecular weight is 147 g/mol. The number of alkyl halides is 2. The standard InChI is InChI=1S/C6H7F2NO/c7-6(8)5-4(3-9)1-2-10-5/h4-6H,1-2H2/t4-,5+/m1/s1. The molecule has 1 aliphatic rings. The van der Waals surface area contributed by atoms with Crippen LogP contribution in [0.2, 0.25) is 0 Å². The Morgan fingerprint density at radius 1 is 1.60 bits per heavy atom. The lowest BCUT2D eigenvalue weighted by molar-refractivity contribution is -0.0317. The van der Waals surface area contributed by atoms with Gasteiger partial charge < -0.3 is 4.74 Å². The van der Waals surface area contributed by atoms with Gasteiger partial charge >= 0.3 is 0 Å². The van der Waals surface area contributed by atoms with Crippen molar-refractivity contribution in [2.24, 2.45) is 5.92 Å². The van der Waals surface area contributed by atoms with Gasteiger partial charge in [-0.15, -0.1) is 0 Å². The van der Waals surface area contributed by atoms with Gasteiger partial charge in [0.2, 0.25) is 0 Å². The molecule has 0 aromatic rings. The number of nitrogens with zero attached hydrogens (tertiary/aromatic N) is 1. The highest BCUT2D eigenvalue weighted by atomic mass is 19.3. The quantitative estimate of drug-likeness (QED) is 0.558. The Morgan fingerprint density at radius 2 is 2.30 bits per heavy atom. The molecular weight excluding hydrogens is 140 g/mol. The van der Waals surface area contributed by atoms with Crippen LogP contribution >= 0.6 is 0 Å². The first kappa shape index (κ1) is 7.42. The second-order valence-corrected chi connectivity index (χ2v) is 2.19. The fourth-order valence-corrected chi connectivity index (χ4v) is 0.998. The van der Waals surface area contributed by atoms with Crippen molar-refractivity contribution < 1.29 is 13.5 Å². The van der Waals surface area contributed by atoms with Crippen molar-refractivity contribution in [2.75, 3.05) is 6.61 Å². The van der Waals surface area contributed by atoms with E-state index in [4.69, 9.17) is 5.26 Å². The topological polar surface area (TPSA) is 33.0 Å². The zero-order valence-corrected chi connectivity index (χ0v) is 5.26. The van der Waals surface area contributed by atoms with Crippen LogP contribution in [-0.4, -0.2) is 19.1 Å². The summed E-state index contributed by atoms with van der Waals surface area (Å²) in [5.74, 6) is -0.611. The molecule has 56 valence electrons. The van der Waals surface area contributed by atoms with E-state index >= 15 is 0 Å². The normalized spacial score (nSPS) is 32.6. The summed E-state index contributed by atoms with van der Waals surface area (Å²) in [6, 6.07) is 1.79. The largest absolute Gasteiger partial charge is 0.371 e. The first-order valence-corrected chi connectivity index (χ1v) is 3.05. The van der Waals surface area contributed by atoms with Crippen molar-refractivity contribution in [3.63, 3.8) is 0 Å². The first-order chi connectivity index (χ1) is 4.75. The first-order valence-electron chi connectivity index (χ1n) is 3.05. The lowest BCUT2D eigenvalue weighted by atomic mass is 10.0. The summed E-state index contributed by atoms with van der Waals surface area (Å²) in [5, 5.41) is 8.32. The van der Waals surface area contributed by atoms with Crippen LogP contribution in [0.3, 0.4) is 0 Å². The van der Waals surface area contributed by atoms with Crippen molar-refractivity contribution in [3.8, 4) is 6.07 Å². The van der Waals surface area contributed by atoms with E-state index in [2.05, 4.69) is 4.74 Å².